The van der Waals surface area contributed by atoms with E-state index in [0.29, 0.717) is 10.0 Å². The first-order valence-corrected chi connectivity index (χ1v) is 10.7. The summed E-state index contributed by atoms with van der Waals surface area (Å²) in [5, 5.41) is 10.3. The van der Waals surface area contributed by atoms with Gasteiger partial charge in [0.05, 0.1) is 16.6 Å². The molecule has 176 valence electrons. The Labute approximate surface area is 201 Å². The van der Waals surface area contributed by atoms with Gasteiger partial charge in [-0.2, -0.15) is 13.2 Å². The Kier molecular flexibility index (Phi) is 5.52. The van der Waals surface area contributed by atoms with Gasteiger partial charge in [-0.15, -0.1) is 0 Å². The summed E-state index contributed by atoms with van der Waals surface area (Å²) in [6.45, 7) is 0. The number of nitrogens with one attached hydrogen (secondary N) is 2. The minimum absolute atomic E-state index is 0.0420. The van der Waals surface area contributed by atoms with E-state index in [1.165, 1.54) is 36.4 Å². The lowest BCUT2D eigenvalue weighted by Gasteiger charge is -2.12. The molecule has 12 heteroatoms. The smallest absolute Gasteiger partial charge is 0.355 e. The van der Waals surface area contributed by atoms with Gasteiger partial charge in [-0.05, 0) is 47.5 Å². The van der Waals surface area contributed by atoms with E-state index in [1.807, 2.05) is 0 Å². The van der Waals surface area contributed by atoms with Crippen LogP contribution in [0.5, 0.6) is 0 Å². The Morgan fingerprint density at radius 2 is 1.77 bits per heavy atom. The summed E-state index contributed by atoms with van der Waals surface area (Å²) in [5.74, 6) is -1.37. The van der Waals surface area contributed by atoms with Crippen LogP contribution in [0.15, 0.2) is 79.0 Å². The molecule has 0 bridgehead atoms. The van der Waals surface area contributed by atoms with E-state index in [9.17, 15) is 22.8 Å². The average Bonchev–Trinajstić information content (AvgIpc) is 3.45. The van der Waals surface area contributed by atoms with Gasteiger partial charge in [0.1, 0.15) is 0 Å². The van der Waals surface area contributed by atoms with E-state index in [-0.39, 0.29) is 39.3 Å². The summed E-state index contributed by atoms with van der Waals surface area (Å²) in [7, 11) is 0. The summed E-state index contributed by atoms with van der Waals surface area (Å²) in [5.41, 5.74) is 0.118. The van der Waals surface area contributed by atoms with Crippen molar-refractivity contribution in [3.05, 3.63) is 86.9 Å². The highest BCUT2D eigenvalue weighted by Gasteiger charge is 2.33. The maximum absolute atomic E-state index is 13.5. The minimum Gasteiger partial charge on any atom is -0.355 e. The van der Waals surface area contributed by atoms with Crippen molar-refractivity contribution in [3.63, 3.8) is 0 Å². The summed E-state index contributed by atoms with van der Waals surface area (Å²) in [6, 6.07) is 14.3. The van der Waals surface area contributed by atoms with Crippen LogP contribution in [-0.4, -0.2) is 21.2 Å². The molecule has 0 aliphatic heterocycles. The number of benzene rings is 3. The van der Waals surface area contributed by atoms with Crippen LogP contribution in [0.2, 0.25) is 0 Å². The molecule has 8 nitrogen and oxygen atoms in total. The van der Waals surface area contributed by atoms with Gasteiger partial charge in [-0.3, -0.25) is 14.3 Å². The number of hydrogen-bond donors (Lipinski definition) is 2. The second-order valence-corrected chi connectivity index (χ2v) is 8.29. The molecule has 0 radical (unpaired) electrons. The standard InChI is InChI=1S/C23H12BrF3N4O4/c24-12-6-7-17(14(10-12)20-29-22(33)35-31-20)28-21(32)19-15-9-11(5-8-18(15)34-30-19)13-3-1-2-4-16(13)23(25,26)27/h1-10H,(H,28,32)(H,29,31,33). The van der Waals surface area contributed by atoms with Gasteiger partial charge in [0.25, 0.3) is 5.91 Å². The zero-order valence-electron chi connectivity index (χ0n) is 17.3. The fourth-order valence-electron chi connectivity index (χ4n) is 3.60. The highest BCUT2D eigenvalue weighted by Crippen LogP contribution is 2.38. The van der Waals surface area contributed by atoms with Crippen molar-refractivity contribution in [1.82, 2.24) is 15.3 Å². The van der Waals surface area contributed by atoms with Crippen molar-refractivity contribution < 1.29 is 27.0 Å². The van der Waals surface area contributed by atoms with Crippen LogP contribution in [0.3, 0.4) is 0 Å². The van der Waals surface area contributed by atoms with Crippen LogP contribution in [0.4, 0.5) is 18.9 Å². The molecule has 0 saturated carbocycles. The van der Waals surface area contributed by atoms with E-state index in [1.54, 1.807) is 18.2 Å². The monoisotopic (exact) mass is 544 g/mol. The lowest BCUT2D eigenvalue weighted by molar-refractivity contribution is -0.137. The number of rotatable bonds is 4. The quantitative estimate of drug-likeness (QED) is 0.292. The number of halogens is 4. The van der Waals surface area contributed by atoms with Crippen LogP contribution < -0.4 is 11.1 Å². The lowest BCUT2D eigenvalue weighted by Crippen LogP contribution is -2.13. The maximum atomic E-state index is 13.5. The Hall–Kier alpha value is -4.19. The zero-order chi connectivity index (χ0) is 24.7. The highest BCUT2D eigenvalue weighted by atomic mass is 79.9. The Morgan fingerprint density at radius 3 is 2.51 bits per heavy atom. The van der Waals surface area contributed by atoms with E-state index in [4.69, 9.17) is 4.52 Å². The predicted molar refractivity (Wildman–Crippen MR) is 123 cm³/mol. The normalized spacial score (nSPS) is 11.7. The number of amides is 1. The number of anilines is 1. The molecule has 0 aliphatic carbocycles. The topological polar surface area (TPSA) is 114 Å². The number of H-pyrrole nitrogens is 1. The SMILES string of the molecule is O=C(Nc1ccc(Br)cc1-c1noc(=O)[nH]1)c1noc2ccc(-c3ccccc3C(F)(F)F)cc12. The summed E-state index contributed by atoms with van der Waals surface area (Å²) >= 11 is 3.32. The molecule has 0 spiro atoms. The molecular formula is C23H12BrF3N4O4. The molecular weight excluding hydrogens is 533 g/mol. The molecule has 0 saturated heterocycles. The average molecular weight is 545 g/mol. The van der Waals surface area contributed by atoms with Crippen LogP contribution >= 0.6 is 15.9 Å². The number of aromatic nitrogens is 3. The van der Waals surface area contributed by atoms with Gasteiger partial charge in [0.15, 0.2) is 17.1 Å². The number of nitrogens with zero attached hydrogens (tertiary/aromatic N) is 2. The van der Waals surface area contributed by atoms with Crippen molar-refractivity contribution in [2.45, 2.75) is 6.18 Å². The maximum Gasteiger partial charge on any atom is 0.439 e. The summed E-state index contributed by atoms with van der Waals surface area (Å²) in [4.78, 5) is 26.9. The fourth-order valence-corrected chi connectivity index (χ4v) is 3.96. The second-order valence-electron chi connectivity index (χ2n) is 7.37. The van der Waals surface area contributed by atoms with Crippen molar-refractivity contribution in [3.8, 4) is 22.5 Å². The Balaban J connectivity index is 1.54. The molecule has 0 unspecified atom stereocenters. The number of carbonyl (C=O) groups is 1. The van der Waals surface area contributed by atoms with Crippen LogP contribution in [0.25, 0.3) is 33.5 Å². The molecule has 2 heterocycles. The fraction of sp³-hybridized carbons (Fsp3) is 0.0435. The molecule has 0 fully saturated rings. The first kappa shape index (κ1) is 22.6. The molecule has 1 amide bonds. The van der Waals surface area contributed by atoms with Gasteiger partial charge in [0, 0.05) is 10.0 Å². The van der Waals surface area contributed by atoms with Gasteiger partial charge in [0.2, 0.25) is 0 Å². The predicted octanol–water partition coefficient (Wildman–Crippen LogP) is 5.87. The molecule has 0 aliphatic rings. The molecule has 0 atom stereocenters. The van der Waals surface area contributed by atoms with Crippen molar-refractivity contribution in [1.29, 1.82) is 0 Å². The van der Waals surface area contributed by atoms with Crippen LogP contribution in [0, 0.1) is 0 Å². The van der Waals surface area contributed by atoms with Crippen molar-refractivity contribution in [2.24, 2.45) is 0 Å². The van der Waals surface area contributed by atoms with Crippen molar-refractivity contribution in [2.75, 3.05) is 5.32 Å². The first-order chi connectivity index (χ1) is 16.7. The highest BCUT2D eigenvalue weighted by molar-refractivity contribution is 9.10. The van der Waals surface area contributed by atoms with E-state index in [2.05, 4.69) is 41.1 Å². The number of alkyl halides is 3. The number of carbonyl (C=O) groups excluding carboxylic acids is 1. The molecule has 2 N–H and O–H groups in total. The third kappa shape index (κ3) is 4.35. The molecule has 5 rings (SSSR count). The van der Waals surface area contributed by atoms with E-state index >= 15 is 0 Å². The molecule has 35 heavy (non-hydrogen) atoms. The minimum atomic E-state index is -4.56. The molecule has 3 aromatic carbocycles. The third-order valence-corrected chi connectivity index (χ3v) is 5.65. The molecule has 5 aromatic rings. The number of aromatic amines is 1. The largest absolute Gasteiger partial charge is 0.439 e. The lowest BCUT2D eigenvalue weighted by atomic mass is 9.98. The van der Waals surface area contributed by atoms with E-state index in [0.717, 1.165) is 6.07 Å². The number of fused-ring (bicyclic) bond motifs is 1. The van der Waals surface area contributed by atoms with Gasteiger partial charge >= 0.3 is 11.9 Å². The van der Waals surface area contributed by atoms with Crippen LogP contribution in [-0.2, 0) is 6.18 Å². The van der Waals surface area contributed by atoms with Gasteiger partial charge in [-0.25, -0.2) is 4.79 Å². The Morgan fingerprint density at radius 1 is 0.971 bits per heavy atom. The summed E-state index contributed by atoms with van der Waals surface area (Å²) in [6.07, 6.45) is -4.56. The molecule has 2 aromatic heterocycles. The zero-order valence-corrected chi connectivity index (χ0v) is 18.9. The second kappa shape index (κ2) is 8.55. The van der Waals surface area contributed by atoms with E-state index < -0.39 is 23.4 Å². The number of hydrogen-bond acceptors (Lipinski definition) is 6. The van der Waals surface area contributed by atoms with Crippen molar-refractivity contribution >= 4 is 38.5 Å². The Bertz CT molecular complexity index is 1640. The third-order valence-electron chi connectivity index (χ3n) is 5.15. The van der Waals surface area contributed by atoms with Gasteiger partial charge in [-0.1, -0.05) is 50.5 Å². The van der Waals surface area contributed by atoms with Crippen LogP contribution in [0.1, 0.15) is 16.1 Å². The first-order valence-electron chi connectivity index (χ1n) is 9.94. The summed E-state index contributed by atoms with van der Waals surface area (Å²) < 4.78 is 50.9. The van der Waals surface area contributed by atoms with Gasteiger partial charge < -0.3 is 9.84 Å².